The molecule has 0 aliphatic heterocycles. The molecule has 0 aliphatic rings. The summed E-state index contributed by atoms with van der Waals surface area (Å²) in [5, 5.41) is 10.5. The molecule has 0 atom stereocenters. The third-order valence-corrected chi connectivity index (χ3v) is 4.29. The van der Waals surface area contributed by atoms with Gasteiger partial charge in [0.05, 0.1) is 12.2 Å². The number of rotatable bonds is 6. The second kappa shape index (κ2) is 8.85. The topological polar surface area (TPSA) is 105 Å². The number of benzene rings is 3. The summed E-state index contributed by atoms with van der Waals surface area (Å²) < 4.78 is 0. The Morgan fingerprint density at radius 3 is 2.29 bits per heavy atom. The van der Waals surface area contributed by atoms with Crippen LogP contribution < -0.4 is 17.1 Å². The van der Waals surface area contributed by atoms with E-state index in [2.05, 4.69) is 0 Å². The number of amides is 1. The van der Waals surface area contributed by atoms with Crippen LogP contribution in [0.3, 0.4) is 0 Å². The normalized spacial score (nSPS) is 11.1. The monoisotopic (exact) mass is 374 g/mol. The molecule has 0 aromatic heterocycles. The van der Waals surface area contributed by atoms with Gasteiger partial charge < -0.3 is 10.7 Å². The van der Waals surface area contributed by atoms with Crippen LogP contribution >= 0.6 is 0 Å². The molecule has 0 unspecified atom stereocenters. The minimum absolute atomic E-state index is 0.375. The van der Waals surface area contributed by atoms with Gasteiger partial charge in [-0.05, 0) is 34.4 Å². The Balaban J connectivity index is 1.87. The van der Waals surface area contributed by atoms with Gasteiger partial charge in [0.15, 0.2) is 0 Å². The van der Waals surface area contributed by atoms with Crippen LogP contribution in [0.4, 0.5) is 0 Å². The summed E-state index contributed by atoms with van der Waals surface area (Å²) in [7, 11) is 0. The Hall–Kier alpha value is -3.61. The van der Waals surface area contributed by atoms with Crippen LogP contribution in [0.15, 0.2) is 85.1 Å². The zero-order valence-electron chi connectivity index (χ0n) is 15.2. The van der Waals surface area contributed by atoms with E-state index in [1.807, 2.05) is 66.7 Å². The predicted octanol–water partition coefficient (Wildman–Crippen LogP) is 3.11. The van der Waals surface area contributed by atoms with E-state index >= 15 is 0 Å². The first-order valence-electron chi connectivity index (χ1n) is 8.75. The third-order valence-electron chi connectivity index (χ3n) is 4.29. The molecule has 28 heavy (non-hydrogen) atoms. The molecule has 1 amide bonds. The fraction of sp³-hybridized carbons (Fsp3) is 0.0455. The molecule has 3 rings (SSSR count). The maximum atomic E-state index is 12.0. The number of nitrogens with zero attached hydrogens (tertiary/aromatic N) is 1. The highest BCUT2D eigenvalue weighted by Crippen LogP contribution is 2.25. The average Bonchev–Trinajstić information content (AvgIpc) is 2.74. The van der Waals surface area contributed by atoms with Gasteiger partial charge in [-0.3, -0.25) is 10.0 Å². The number of hydroxylamine groups is 1. The zero-order valence-corrected chi connectivity index (χ0v) is 15.2. The minimum Gasteiger partial charge on any atom is -0.397 e. The molecule has 142 valence electrons. The standard InChI is InChI=1S/C22H22N4O2/c23-21(18-9-5-2-6-10-18)15-26(24)14-16-11-12-19(22(27)25-28)20(13-16)17-7-3-1-4-8-17/h1-13,15,28H,14,23-24H2,(H,25,27)/b21-15-. The van der Waals surface area contributed by atoms with Crippen molar-refractivity contribution < 1.29 is 10.0 Å². The van der Waals surface area contributed by atoms with Crippen LogP contribution in [0.25, 0.3) is 16.8 Å². The van der Waals surface area contributed by atoms with Gasteiger partial charge >= 0.3 is 0 Å². The molecule has 0 heterocycles. The summed E-state index contributed by atoms with van der Waals surface area (Å²) in [6.45, 7) is 0.397. The Bertz CT molecular complexity index is 972. The summed E-state index contributed by atoms with van der Waals surface area (Å²) >= 11 is 0. The SMILES string of the molecule is N/C(=C\N(N)Cc1ccc(C(=O)NO)c(-c2ccccc2)c1)c1ccccc1. The molecule has 0 radical (unpaired) electrons. The van der Waals surface area contributed by atoms with Crippen molar-refractivity contribution in [1.82, 2.24) is 10.5 Å². The Morgan fingerprint density at radius 2 is 1.64 bits per heavy atom. The van der Waals surface area contributed by atoms with Gasteiger partial charge in [-0.25, -0.2) is 11.3 Å². The lowest BCUT2D eigenvalue weighted by molar-refractivity contribution is 0.0707. The van der Waals surface area contributed by atoms with Crippen molar-refractivity contribution in [3.63, 3.8) is 0 Å². The van der Waals surface area contributed by atoms with Crippen LogP contribution in [0, 0.1) is 0 Å². The predicted molar refractivity (Wildman–Crippen MR) is 109 cm³/mol. The van der Waals surface area contributed by atoms with Gasteiger partial charge in [-0.1, -0.05) is 66.7 Å². The van der Waals surface area contributed by atoms with E-state index in [0.29, 0.717) is 23.4 Å². The molecule has 0 bridgehead atoms. The van der Waals surface area contributed by atoms with E-state index in [-0.39, 0.29) is 0 Å². The summed E-state index contributed by atoms with van der Waals surface area (Å²) in [4.78, 5) is 12.0. The molecule has 0 spiro atoms. The first kappa shape index (κ1) is 19.2. The van der Waals surface area contributed by atoms with Gasteiger partial charge in [0.2, 0.25) is 0 Å². The molecule has 0 saturated carbocycles. The Labute approximate surface area is 163 Å². The van der Waals surface area contributed by atoms with Gasteiger partial charge in [0.25, 0.3) is 5.91 Å². The molecule has 6 heteroatoms. The molecule has 0 fully saturated rings. The van der Waals surface area contributed by atoms with Crippen molar-refractivity contribution in [2.45, 2.75) is 6.54 Å². The van der Waals surface area contributed by atoms with E-state index in [1.54, 1.807) is 23.8 Å². The molecule has 0 aliphatic carbocycles. The van der Waals surface area contributed by atoms with Gasteiger partial charge in [-0.2, -0.15) is 0 Å². The number of carbonyl (C=O) groups excluding carboxylic acids is 1. The zero-order chi connectivity index (χ0) is 19.9. The van der Waals surface area contributed by atoms with Crippen molar-refractivity contribution >= 4 is 11.6 Å². The molecule has 6 N–H and O–H groups in total. The molecule has 3 aromatic carbocycles. The van der Waals surface area contributed by atoms with Crippen LogP contribution in [0.5, 0.6) is 0 Å². The summed E-state index contributed by atoms with van der Waals surface area (Å²) in [5.41, 5.74) is 12.1. The van der Waals surface area contributed by atoms with Gasteiger partial charge in [0.1, 0.15) is 0 Å². The van der Waals surface area contributed by atoms with Gasteiger partial charge in [0, 0.05) is 11.8 Å². The van der Waals surface area contributed by atoms with Crippen molar-refractivity contribution in [1.29, 1.82) is 0 Å². The highest BCUT2D eigenvalue weighted by atomic mass is 16.5. The van der Waals surface area contributed by atoms with Crippen molar-refractivity contribution in [3.05, 3.63) is 102 Å². The van der Waals surface area contributed by atoms with Crippen LogP contribution in [-0.2, 0) is 6.54 Å². The first-order chi connectivity index (χ1) is 13.6. The highest BCUT2D eigenvalue weighted by Gasteiger charge is 2.13. The minimum atomic E-state index is -0.566. The van der Waals surface area contributed by atoms with Crippen LogP contribution in [-0.4, -0.2) is 16.1 Å². The third kappa shape index (κ3) is 4.56. The van der Waals surface area contributed by atoms with Crippen molar-refractivity contribution in [2.75, 3.05) is 0 Å². The Kier molecular flexibility index (Phi) is 6.06. The van der Waals surface area contributed by atoms with E-state index in [9.17, 15) is 4.79 Å². The smallest absolute Gasteiger partial charge is 0.275 e. The second-order valence-electron chi connectivity index (χ2n) is 6.31. The van der Waals surface area contributed by atoms with Crippen LogP contribution in [0.1, 0.15) is 21.5 Å². The number of nitrogens with one attached hydrogen (secondary N) is 1. The van der Waals surface area contributed by atoms with E-state index < -0.39 is 5.91 Å². The van der Waals surface area contributed by atoms with E-state index in [0.717, 1.165) is 16.7 Å². The number of hydrogen-bond donors (Lipinski definition) is 4. The maximum Gasteiger partial charge on any atom is 0.275 e. The number of carbonyl (C=O) groups is 1. The largest absolute Gasteiger partial charge is 0.397 e. The summed E-state index contributed by atoms with van der Waals surface area (Å²) in [6, 6.07) is 24.4. The molecular weight excluding hydrogens is 352 g/mol. The molecular formula is C22H22N4O2. The lowest BCUT2D eigenvalue weighted by atomic mass is 9.96. The quantitative estimate of drug-likeness (QED) is 0.301. The second-order valence-corrected chi connectivity index (χ2v) is 6.31. The van der Waals surface area contributed by atoms with E-state index in [1.165, 1.54) is 5.01 Å². The summed E-state index contributed by atoms with van der Waals surface area (Å²) in [6.07, 6.45) is 1.67. The maximum absolute atomic E-state index is 12.0. The molecule has 6 nitrogen and oxygen atoms in total. The van der Waals surface area contributed by atoms with E-state index in [4.69, 9.17) is 16.8 Å². The lowest BCUT2D eigenvalue weighted by Gasteiger charge is -2.17. The average molecular weight is 374 g/mol. The first-order valence-corrected chi connectivity index (χ1v) is 8.75. The fourth-order valence-corrected chi connectivity index (χ4v) is 2.94. The van der Waals surface area contributed by atoms with Crippen LogP contribution in [0.2, 0.25) is 0 Å². The summed E-state index contributed by atoms with van der Waals surface area (Å²) in [5.74, 6) is 5.55. The number of nitrogens with two attached hydrogens (primary N) is 2. The highest BCUT2D eigenvalue weighted by molar-refractivity contribution is 6.00. The number of hydrogen-bond acceptors (Lipinski definition) is 5. The van der Waals surface area contributed by atoms with Gasteiger partial charge in [-0.15, -0.1) is 0 Å². The van der Waals surface area contributed by atoms with Crippen molar-refractivity contribution in [2.24, 2.45) is 11.6 Å². The fourth-order valence-electron chi connectivity index (χ4n) is 2.94. The molecule has 3 aromatic rings. The Morgan fingerprint density at radius 1 is 1.00 bits per heavy atom. The lowest BCUT2D eigenvalue weighted by Crippen LogP contribution is -2.26. The molecule has 0 saturated heterocycles. The number of hydrazine groups is 1. The van der Waals surface area contributed by atoms with Crippen molar-refractivity contribution in [3.8, 4) is 11.1 Å².